The van der Waals surface area contributed by atoms with Gasteiger partial charge in [-0.15, -0.1) is 0 Å². The third-order valence-corrected chi connectivity index (χ3v) is 2.90. The van der Waals surface area contributed by atoms with Gasteiger partial charge in [-0.1, -0.05) is 18.2 Å². The zero-order valence-electron chi connectivity index (χ0n) is 11.6. The molecule has 0 aliphatic carbocycles. The van der Waals surface area contributed by atoms with Gasteiger partial charge in [-0.25, -0.2) is 4.79 Å². The molecule has 1 fully saturated rings. The Morgan fingerprint density at radius 1 is 1.37 bits per heavy atom. The van der Waals surface area contributed by atoms with E-state index < -0.39 is 11.7 Å². The summed E-state index contributed by atoms with van der Waals surface area (Å²) in [6.45, 7) is 6.37. The monoisotopic (exact) mass is 263 g/mol. The fourth-order valence-electron chi connectivity index (χ4n) is 2.11. The van der Waals surface area contributed by atoms with Gasteiger partial charge in [0.2, 0.25) is 0 Å². The summed E-state index contributed by atoms with van der Waals surface area (Å²) in [5.41, 5.74) is 7.00. The van der Waals surface area contributed by atoms with Crippen LogP contribution >= 0.6 is 0 Å². The van der Waals surface area contributed by atoms with Gasteiger partial charge in [0.15, 0.2) is 0 Å². The molecule has 1 amide bonds. The predicted octanol–water partition coefficient (Wildman–Crippen LogP) is 2.01. The number of primary amides is 1. The van der Waals surface area contributed by atoms with Crippen LogP contribution in [0.4, 0.5) is 10.5 Å². The number of nitrogens with one attached hydrogen (secondary N) is 2. The standard InChI is InChI=1S/C9H10N2.C5H11NO2/c1-2-4-7-6(3-1)9-8(11-9)5-10-7;1-5(2,3)8-4(6)7/h1-4,8-11H,5H2;1-3H3,(H2,6,7). The summed E-state index contributed by atoms with van der Waals surface area (Å²) < 4.78 is 4.58. The van der Waals surface area contributed by atoms with E-state index in [1.165, 1.54) is 11.3 Å². The molecule has 1 aromatic rings. The first-order valence-corrected chi connectivity index (χ1v) is 6.44. The number of ether oxygens (including phenoxy) is 1. The molecule has 0 spiro atoms. The fourth-order valence-corrected chi connectivity index (χ4v) is 2.11. The van der Waals surface area contributed by atoms with Crippen LogP contribution in [0, 0.1) is 0 Å². The average molecular weight is 263 g/mol. The van der Waals surface area contributed by atoms with Gasteiger partial charge in [0.05, 0.1) is 6.04 Å². The number of nitrogens with two attached hydrogens (primary N) is 1. The van der Waals surface area contributed by atoms with Gasteiger partial charge >= 0.3 is 6.09 Å². The minimum Gasteiger partial charge on any atom is -0.444 e. The number of carbonyl (C=O) groups excluding carboxylic acids is 1. The molecular formula is C14H21N3O2. The van der Waals surface area contributed by atoms with Gasteiger partial charge in [-0.3, -0.25) is 0 Å². The van der Waals surface area contributed by atoms with Crippen LogP contribution in [0.1, 0.15) is 32.4 Å². The number of anilines is 1. The van der Waals surface area contributed by atoms with Crippen LogP contribution in [0.15, 0.2) is 24.3 Å². The highest BCUT2D eigenvalue weighted by Gasteiger charge is 2.41. The highest BCUT2D eigenvalue weighted by Crippen LogP contribution is 2.38. The summed E-state index contributed by atoms with van der Waals surface area (Å²) in [5.74, 6) is 0. The molecule has 2 aliphatic rings. The molecule has 2 heterocycles. The summed E-state index contributed by atoms with van der Waals surface area (Å²) in [6.07, 6.45) is -0.725. The molecule has 5 nitrogen and oxygen atoms in total. The smallest absolute Gasteiger partial charge is 0.405 e. The van der Waals surface area contributed by atoms with Gasteiger partial charge in [0, 0.05) is 18.3 Å². The van der Waals surface area contributed by atoms with Crippen molar-refractivity contribution in [3.05, 3.63) is 29.8 Å². The number of rotatable bonds is 0. The number of amides is 1. The Balaban J connectivity index is 0.000000151. The number of hydrogen-bond donors (Lipinski definition) is 3. The second-order valence-electron chi connectivity index (χ2n) is 5.75. The summed E-state index contributed by atoms with van der Waals surface area (Å²) in [4.78, 5) is 10.0. The zero-order chi connectivity index (χ0) is 14.0. The average Bonchev–Trinajstić information content (AvgIpc) is 3.05. The van der Waals surface area contributed by atoms with E-state index in [2.05, 4.69) is 39.6 Å². The minimum absolute atomic E-state index is 0.453. The van der Waals surface area contributed by atoms with E-state index in [1.807, 2.05) is 0 Å². The van der Waals surface area contributed by atoms with Crippen molar-refractivity contribution in [2.45, 2.75) is 38.5 Å². The van der Waals surface area contributed by atoms with Crippen molar-refractivity contribution in [3.63, 3.8) is 0 Å². The topological polar surface area (TPSA) is 86.3 Å². The van der Waals surface area contributed by atoms with E-state index in [-0.39, 0.29) is 0 Å². The van der Waals surface area contributed by atoms with Crippen LogP contribution in [0.5, 0.6) is 0 Å². The van der Waals surface area contributed by atoms with Crippen molar-refractivity contribution < 1.29 is 9.53 Å². The van der Waals surface area contributed by atoms with E-state index in [0.717, 1.165) is 6.54 Å². The van der Waals surface area contributed by atoms with Crippen molar-refractivity contribution in [1.29, 1.82) is 0 Å². The summed E-state index contributed by atoms with van der Waals surface area (Å²) in [7, 11) is 0. The lowest BCUT2D eigenvalue weighted by molar-refractivity contribution is 0.0600. The van der Waals surface area contributed by atoms with Crippen LogP contribution < -0.4 is 16.4 Å². The minimum atomic E-state index is -0.725. The lowest BCUT2D eigenvalue weighted by Crippen LogP contribution is -2.27. The van der Waals surface area contributed by atoms with Crippen molar-refractivity contribution >= 4 is 11.8 Å². The molecule has 104 valence electrons. The largest absolute Gasteiger partial charge is 0.444 e. The number of fused-ring (bicyclic) bond motifs is 3. The number of para-hydroxylation sites is 1. The molecule has 1 saturated heterocycles. The Kier molecular flexibility index (Phi) is 3.66. The Hall–Kier alpha value is -1.75. The second-order valence-corrected chi connectivity index (χ2v) is 5.75. The van der Waals surface area contributed by atoms with Gasteiger partial charge in [0.1, 0.15) is 5.60 Å². The molecule has 2 aliphatic heterocycles. The third-order valence-electron chi connectivity index (χ3n) is 2.90. The Labute approximate surface area is 113 Å². The molecule has 0 saturated carbocycles. The van der Waals surface area contributed by atoms with Crippen LogP contribution in [0.25, 0.3) is 0 Å². The molecule has 3 rings (SSSR count). The lowest BCUT2D eigenvalue weighted by Gasteiger charge is -2.16. The summed E-state index contributed by atoms with van der Waals surface area (Å²) in [5, 5.41) is 6.82. The molecule has 0 radical (unpaired) electrons. The van der Waals surface area contributed by atoms with Gasteiger partial charge < -0.3 is 21.1 Å². The van der Waals surface area contributed by atoms with Crippen molar-refractivity contribution in [2.24, 2.45) is 5.73 Å². The van der Waals surface area contributed by atoms with Crippen molar-refractivity contribution in [3.8, 4) is 0 Å². The molecule has 5 heteroatoms. The predicted molar refractivity (Wildman–Crippen MR) is 75.0 cm³/mol. The summed E-state index contributed by atoms with van der Waals surface area (Å²) in [6, 6.07) is 9.86. The maximum Gasteiger partial charge on any atom is 0.405 e. The normalized spacial score (nSPS) is 22.9. The van der Waals surface area contributed by atoms with Crippen LogP contribution in [0.3, 0.4) is 0 Å². The SMILES string of the molecule is CC(C)(C)OC(N)=O.c1ccc2c(c1)NCC1NC21. The van der Waals surface area contributed by atoms with Gasteiger partial charge in [-0.05, 0) is 32.4 Å². The first-order valence-electron chi connectivity index (χ1n) is 6.44. The molecule has 2 atom stereocenters. The second kappa shape index (κ2) is 5.09. The lowest BCUT2D eigenvalue weighted by atomic mass is 10.0. The first kappa shape index (κ1) is 13.7. The van der Waals surface area contributed by atoms with E-state index in [1.54, 1.807) is 20.8 Å². The molecule has 2 unspecified atom stereocenters. The number of carbonyl (C=O) groups is 1. The fraction of sp³-hybridized carbons (Fsp3) is 0.500. The summed E-state index contributed by atoms with van der Waals surface area (Å²) >= 11 is 0. The Morgan fingerprint density at radius 2 is 2.05 bits per heavy atom. The number of hydrogen-bond acceptors (Lipinski definition) is 4. The van der Waals surface area contributed by atoms with Crippen LogP contribution in [-0.4, -0.2) is 24.3 Å². The highest BCUT2D eigenvalue weighted by molar-refractivity contribution is 5.65. The van der Waals surface area contributed by atoms with Gasteiger partial charge in [0.25, 0.3) is 0 Å². The molecule has 19 heavy (non-hydrogen) atoms. The van der Waals surface area contributed by atoms with E-state index in [4.69, 9.17) is 5.73 Å². The van der Waals surface area contributed by atoms with E-state index in [0.29, 0.717) is 12.1 Å². The Morgan fingerprint density at radius 3 is 2.63 bits per heavy atom. The van der Waals surface area contributed by atoms with E-state index >= 15 is 0 Å². The van der Waals surface area contributed by atoms with E-state index in [9.17, 15) is 4.79 Å². The van der Waals surface area contributed by atoms with Crippen LogP contribution in [0.2, 0.25) is 0 Å². The zero-order valence-corrected chi connectivity index (χ0v) is 11.6. The highest BCUT2D eigenvalue weighted by atomic mass is 16.6. The Bertz CT molecular complexity index is 468. The molecule has 4 N–H and O–H groups in total. The van der Waals surface area contributed by atoms with Crippen molar-refractivity contribution in [2.75, 3.05) is 11.9 Å². The molecular weight excluding hydrogens is 242 g/mol. The quantitative estimate of drug-likeness (QED) is 0.625. The first-order chi connectivity index (χ1) is 8.87. The maximum absolute atomic E-state index is 10.0. The van der Waals surface area contributed by atoms with Gasteiger partial charge in [-0.2, -0.15) is 0 Å². The number of benzene rings is 1. The molecule has 1 aromatic carbocycles. The van der Waals surface area contributed by atoms with Crippen LogP contribution in [-0.2, 0) is 4.74 Å². The van der Waals surface area contributed by atoms with Crippen molar-refractivity contribution in [1.82, 2.24) is 5.32 Å². The third kappa shape index (κ3) is 3.86. The molecule has 0 aromatic heterocycles. The molecule has 0 bridgehead atoms. The maximum atomic E-state index is 10.0.